The molecule has 1 aromatic rings. The van der Waals surface area contributed by atoms with Crippen molar-refractivity contribution in [2.75, 3.05) is 0 Å². The van der Waals surface area contributed by atoms with Gasteiger partial charge in [-0.1, -0.05) is 30.3 Å². The quantitative estimate of drug-likeness (QED) is 0.253. The molecule has 82 valence electrons. The Labute approximate surface area is 121 Å². The molecule has 0 aliphatic carbocycles. The van der Waals surface area contributed by atoms with Crippen LogP contribution >= 0.6 is 0 Å². The molecule has 5 heteroatoms. The second kappa shape index (κ2) is 8.75. The van der Waals surface area contributed by atoms with Crippen molar-refractivity contribution >= 4 is 18.0 Å². The molecule has 0 fully saturated rings. The van der Waals surface area contributed by atoms with Crippen molar-refractivity contribution < 1.29 is 49.0 Å². The Hall–Kier alpha value is -1.36. The molecule has 1 rings (SSSR count). The summed E-state index contributed by atoms with van der Waals surface area (Å²) in [6.07, 6.45) is 4.17. The molecule has 0 unspecified atom stereocenters. The molecule has 0 radical (unpaired) electrons. The molecule has 0 aliphatic heterocycles. The molecule has 0 saturated heterocycles. The summed E-state index contributed by atoms with van der Waals surface area (Å²) in [6.45, 7) is 0. The molecule has 0 bridgehead atoms. The average Bonchev–Trinajstić information content (AvgIpc) is 2.28. The minimum absolute atomic E-state index is 0. The number of rotatable bonds is 4. The van der Waals surface area contributed by atoms with Gasteiger partial charge < -0.3 is 14.6 Å². The molecular weight excluding hydrogens is 231 g/mol. The van der Waals surface area contributed by atoms with Crippen LogP contribution in [0.5, 0.6) is 0 Å². The van der Waals surface area contributed by atoms with Gasteiger partial charge in [-0.25, -0.2) is 4.79 Å². The van der Waals surface area contributed by atoms with Gasteiger partial charge in [0.2, 0.25) is 0 Å². The standard InChI is InChI=1S/C12H10O4.Na/c13-11(14)6-7-12(15)16-9-8-10-4-2-1-3-5-10;/h1-9H,(H,13,14);/q;+1/p-1/b7-6+,9-8?;. The molecule has 0 N–H and O–H groups in total. The molecule has 0 saturated carbocycles. The summed E-state index contributed by atoms with van der Waals surface area (Å²) in [6, 6.07) is 9.23. The van der Waals surface area contributed by atoms with Crippen LogP contribution in [0.2, 0.25) is 0 Å². The molecule has 1 aromatic carbocycles. The smallest absolute Gasteiger partial charge is 0.545 e. The summed E-state index contributed by atoms with van der Waals surface area (Å²) in [5.41, 5.74) is 0.874. The Morgan fingerprint density at radius 1 is 1.12 bits per heavy atom. The second-order valence-corrected chi connectivity index (χ2v) is 2.80. The Balaban J connectivity index is 0.00000256. The molecule has 0 spiro atoms. The number of benzene rings is 1. The van der Waals surface area contributed by atoms with E-state index in [0.717, 1.165) is 11.6 Å². The van der Waals surface area contributed by atoms with Crippen LogP contribution in [0.3, 0.4) is 0 Å². The minimum atomic E-state index is -1.44. The number of carbonyl (C=O) groups is 2. The maximum absolute atomic E-state index is 10.9. The number of hydrogen-bond donors (Lipinski definition) is 0. The van der Waals surface area contributed by atoms with Crippen LogP contribution in [0, 0.1) is 0 Å². The summed E-state index contributed by atoms with van der Waals surface area (Å²) in [7, 11) is 0. The van der Waals surface area contributed by atoms with Crippen molar-refractivity contribution in [3.05, 3.63) is 54.3 Å². The van der Waals surface area contributed by atoms with Crippen molar-refractivity contribution in [1.29, 1.82) is 0 Å². The zero-order chi connectivity index (χ0) is 11.8. The Kier molecular flexibility index (Phi) is 8.05. The van der Waals surface area contributed by atoms with Gasteiger partial charge in [0.1, 0.15) is 0 Å². The Morgan fingerprint density at radius 2 is 1.76 bits per heavy atom. The van der Waals surface area contributed by atoms with Gasteiger partial charge in [-0.3, -0.25) is 0 Å². The first-order valence-electron chi connectivity index (χ1n) is 4.50. The number of hydrogen-bond acceptors (Lipinski definition) is 4. The molecular formula is C12H9NaO4. The first kappa shape index (κ1) is 15.6. The van der Waals surface area contributed by atoms with E-state index in [1.807, 2.05) is 30.3 Å². The van der Waals surface area contributed by atoms with Crippen LogP contribution in [0.15, 0.2) is 48.7 Å². The third kappa shape index (κ3) is 7.52. The summed E-state index contributed by atoms with van der Waals surface area (Å²) >= 11 is 0. The molecule has 0 heterocycles. The molecule has 0 aliphatic rings. The van der Waals surface area contributed by atoms with Crippen molar-refractivity contribution in [3.63, 3.8) is 0 Å². The number of carbonyl (C=O) groups excluding carboxylic acids is 2. The number of carboxylic acids is 1. The fourth-order valence-corrected chi connectivity index (χ4v) is 0.919. The van der Waals surface area contributed by atoms with Crippen LogP contribution in [-0.2, 0) is 14.3 Å². The number of aliphatic carboxylic acids is 1. The zero-order valence-corrected chi connectivity index (χ0v) is 11.3. The molecule has 0 aromatic heterocycles. The van der Waals surface area contributed by atoms with E-state index in [1.54, 1.807) is 6.08 Å². The van der Waals surface area contributed by atoms with Gasteiger partial charge in [0.15, 0.2) is 0 Å². The Morgan fingerprint density at radius 3 is 2.35 bits per heavy atom. The van der Waals surface area contributed by atoms with Crippen molar-refractivity contribution in [1.82, 2.24) is 0 Å². The predicted molar refractivity (Wildman–Crippen MR) is 55.7 cm³/mol. The van der Waals surface area contributed by atoms with E-state index in [2.05, 4.69) is 4.74 Å². The van der Waals surface area contributed by atoms with Crippen LogP contribution in [0.1, 0.15) is 5.56 Å². The number of ether oxygens (including phenoxy) is 1. The van der Waals surface area contributed by atoms with Crippen LogP contribution in [0.4, 0.5) is 0 Å². The largest absolute Gasteiger partial charge is 1.00 e. The second-order valence-electron chi connectivity index (χ2n) is 2.80. The van der Waals surface area contributed by atoms with Gasteiger partial charge in [-0.2, -0.15) is 0 Å². The molecule has 0 amide bonds. The topological polar surface area (TPSA) is 66.4 Å². The monoisotopic (exact) mass is 240 g/mol. The van der Waals surface area contributed by atoms with Gasteiger partial charge in [-0.15, -0.1) is 0 Å². The average molecular weight is 240 g/mol. The van der Waals surface area contributed by atoms with E-state index in [4.69, 9.17) is 0 Å². The van der Waals surface area contributed by atoms with E-state index >= 15 is 0 Å². The third-order valence-corrected chi connectivity index (χ3v) is 1.60. The van der Waals surface area contributed by atoms with Gasteiger partial charge in [0.05, 0.1) is 12.2 Å². The third-order valence-electron chi connectivity index (χ3n) is 1.60. The van der Waals surface area contributed by atoms with Crippen LogP contribution in [0.25, 0.3) is 6.08 Å². The maximum atomic E-state index is 10.9. The Bertz CT molecular complexity index is 423. The van der Waals surface area contributed by atoms with Gasteiger partial charge >= 0.3 is 35.5 Å². The van der Waals surface area contributed by atoms with E-state index in [0.29, 0.717) is 6.08 Å². The summed E-state index contributed by atoms with van der Waals surface area (Å²) < 4.78 is 4.60. The number of carboxylic acid groups (broad SMARTS) is 1. The zero-order valence-electron chi connectivity index (χ0n) is 9.33. The fraction of sp³-hybridized carbons (Fsp3) is 0. The summed E-state index contributed by atoms with van der Waals surface area (Å²) in [5, 5.41) is 9.98. The minimum Gasteiger partial charge on any atom is -0.545 e. The fourth-order valence-electron chi connectivity index (χ4n) is 0.919. The van der Waals surface area contributed by atoms with Crippen LogP contribution in [-0.4, -0.2) is 11.9 Å². The summed E-state index contributed by atoms with van der Waals surface area (Å²) in [5.74, 6) is -2.21. The molecule has 4 nitrogen and oxygen atoms in total. The van der Waals surface area contributed by atoms with E-state index in [1.165, 1.54) is 6.26 Å². The van der Waals surface area contributed by atoms with Gasteiger partial charge in [0.25, 0.3) is 0 Å². The van der Waals surface area contributed by atoms with E-state index < -0.39 is 11.9 Å². The number of esters is 1. The maximum Gasteiger partial charge on any atom is 1.00 e. The van der Waals surface area contributed by atoms with Gasteiger partial charge in [-0.05, 0) is 17.7 Å². The normalized spacial score (nSPS) is 10.1. The van der Waals surface area contributed by atoms with E-state index in [9.17, 15) is 14.7 Å². The first-order valence-corrected chi connectivity index (χ1v) is 4.50. The molecule has 17 heavy (non-hydrogen) atoms. The van der Waals surface area contributed by atoms with Crippen molar-refractivity contribution in [2.45, 2.75) is 0 Å². The molecule has 0 atom stereocenters. The van der Waals surface area contributed by atoms with Crippen molar-refractivity contribution in [2.24, 2.45) is 0 Å². The van der Waals surface area contributed by atoms with Crippen molar-refractivity contribution in [3.8, 4) is 0 Å². The first-order chi connectivity index (χ1) is 7.68. The summed E-state index contributed by atoms with van der Waals surface area (Å²) in [4.78, 5) is 20.9. The van der Waals surface area contributed by atoms with Crippen LogP contribution < -0.4 is 34.7 Å². The van der Waals surface area contributed by atoms with Gasteiger partial charge in [0, 0.05) is 6.08 Å². The predicted octanol–water partition coefficient (Wildman–Crippen LogP) is -2.49. The SMILES string of the molecule is O=C([O-])/C=C/C(=O)OC=Cc1ccccc1.[Na+]. The van der Waals surface area contributed by atoms with E-state index in [-0.39, 0.29) is 29.6 Å².